The minimum Gasteiger partial charge on any atom is -0.460 e. The molecule has 0 unspecified atom stereocenters. The van der Waals surface area contributed by atoms with Gasteiger partial charge in [0.2, 0.25) is 0 Å². The second-order valence-electron chi connectivity index (χ2n) is 4.35. The van der Waals surface area contributed by atoms with Crippen molar-refractivity contribution in [2.45, 2.75) is 0 Å². The molecule has 0 aliphatic carbocycles. The molecule has 7 nitrogen and oxygen atoms in total. The van der Waals surface area contributed by atoms with Gasteiger partial charge in [0, 0.05) is 6.07 Å². The zero-order chi connectivity index (χ0) is 16.8. The first-order valence-corrected chi connectivity index (χ1v) is 6.44. The minimum atomic E-state index is -0.986. The van der Waals surface area contributed by atoms with Gasteiger partial charge in [0.15, 0.2) is 0 Å². The largest absolute Gasteiger partial charge is 0.460 e. The molecular formula is C14H11F2N3O4. The molecule has 1 N–H and O–H groups in total. The number of nitrogens with one attached hydrogen (secondary N) is 1. The van der Waals surface area contributed by atoms with Crippen molar-refractivity contribution in [2.75, 3.05) is 18.5 Å². The van der Waals surface area contributed by atoms with Crippen molar-refractivity contribution in [1.29, 1.82) is 0 Å². The summed E-state index contributed by atoms with van der Waals surface area (Å²) in [5.41, 5.74) is -0.637. The molecular weight excluding hydrogens is 312 g/mol. The van der Waals surface area contributed by atoms with Gasteiger partial charge in [-0.1, -0.05) is 0 Å². The van der Waals surface area contributed by atoms with E-state index in [0.29, 0.717) is 5.82 Å². The summed E-state index contributed by atoms with van der Waals surface area (Å²) >= 11 is 0. The smallest absolute Gasteiger partial charge is 0.341 e. The number of aromatic nitrogens is 1. The van der Waals surface area contributed by atoms with Crippen LogP contribution in [-0.4, -0.2) is 29.0 Å². The molecule has 0 aliphatic rings. The van der Waals surface area contributed by atoms with Crippen LogP contribution in [0.5, 0.6) is 0 Å². The summed E-state index contributed by atoms with van der Waals surface area (Å²) in [7, 11) is 0. The number of hydrogen-bond acceptors (Lipinski definition) is 6. The average Bonchev–Trinajstić information content (AvgIpc) is 2.54. The second-order valence-corrected chi connectivity index (χ2v) is 4.35. The van der Waals surface area contributed by atoms with Crippen LogP contribution < -0.4 is 5.32 Å². The van der Waals surface area contributed by atoms with Crippen LogP contribution in [0.4, 0.5) is 20.3 Å². The van der Waals surface area contributed by atoms with E-state index >= 15 is 0 Å². The predicted octanol–water partition coefficient (Wildman–Crippen LogP) is 2.54. The van der Waals surface area contributed by atoms with E-state index in [1.54, 1.807) is 0 Å². The third-order valence-electron chi connectivity index (χ3n) is 2.75. The Morgan fingerprint density at radius 1 is 1.30 bits per heavy atom. The first-order chi connectivity index (χ1) is 11.0. The zero-order valence-electron chi connectivity index (χ0n) is 11.7. The second kappa shape index (κ2) is 7.25. The van der Waals surface area contributed by atoms with Crippen LogP contribution in [-0.2, 0) is 4.74 Å². The summed E-state index contributed by atoms with van der Waals surface area (Å²) in [5.74, 6) is -2.25. The van der Waals surface area contributed by atoms with Crippen molar-refractivity contribution < 1.29 is 23.2 Å². The summed E-state index contributed by atoms with van der Waals surface area (Å²) < 4.78 is 31.1. The topological polar surface area (TPSA) is 94.4 Å². The predicted molar refractivity (Wildman–Crippen MR) is 76.0 cm³/mol. The highest BCUT2D eigenvalue weighted by Crippen LogP contribution is 2.12. The SMILES string of the molecule is O=C(OCCNc1ccc([N+](=O)[O-])cn1)c1cc(F)ccc1F. The number of hydrogen-bond donors (Lipinski definition) is 1. The van der Waals surface area contributed by atoms with Crippen LogP contribution in [0.3, 0.4) is 0 Å². The molecule has 23 heavy (non-hydrogen) atoms. The Morgan fingerprint density at radius 3 is 2.74 bits per heavy atom. The van der Waals surface area contributed by atoms with Crippen LogP contribution in [0.2, 0.25) is 0 Å². The van der Waals surface area contributed by atoms with Crippen molar-refractivity contribution in [1.82, 2.24) is 4.98 Å². The van der Waals surface area contributed by atoms with Gasteiger partial charge in [0.05, 0.1) is 17.0 Å². The molecule has 0 saturated carbocycles. The van der Waals surface area contributed by atoms with E-state index in [4.69, 9.17) is 4.74 Å². The van der Waals surface area contributed by atoms with Gasteiger partial charge >= 0.3 is 5.97 Å². The maximum Gasteiger partial charge on any atom is 0.341 e. The van der Waals surface area contributed by atoms with Crippen LogP contribution in [0.15, 0.2) is 36.5 Å². The lowest BCUT2D eigenvalue weighted by Gasteiger charge is -2.07. The number of benzene rings is 1. The van der Waals surface area contributed by atoms with Gasteiger partial charge in [0.1, 0.15) is 30.3 Å². The lowest BCUT2D eigenvalue weighted by atomic mass is 10.2. The van der Waals surface area contributed by atoms with E-state index in [-0.39, 0.29) is 18.8 Å². The highest BCUT2D eigenvalue weighted by atomic mass is 19.1. The molecule has 0 bridgehead atoms. The number of carbonyl (C=O) groups is 1. The van der Waals surface area contributed by atoms with Crippen molar-refractivity contribution in [3.63, 3.8) is 0 Å². The number of nitro groups is 1. The summed E-state index contributed by atoms with van der Waals surface area (Å²) in [5, 5.41) is 13.2. The van der Waals surface area contributed by atoms with Crippen molar-refractivity contribution in [3.8, 4) is 0 Å². The molecule has 0 fully saturated rings. The maximum absolute atomic E-state index is 13.3. The molecule has 0 atom stereocenters. The van der Waals surface area contributed by atoms with Gasteiger partial charge in [-0.25, -0.2) is 18.6 Å². The molecule has 1 aromatic heterocycles. The Morgan fingerprint density at radius 2 is 2.09 bits per heavy atom. The lowest BCUT2D eigenvalue weighted by Crippen LogP contribution is -2.15. The number of carbonyl (C=O) groups excluding carboxylic acids is 1. The molecule has 0 spiro atoms. The third kappa shape index (κ3) is 4.43. The molecule has 1 heterocycles. The summed E-state index contributed by atoms with van der Waals surface area (Å²) in [6.07, 6.45) is 1.08. The molecule has 120 valence electrons. The Labute approximate surface area is 129 Å². The Hall–Kier alpha value is -3.10. The Kier molecular flexibility index (Phi) is 5.13. The van der Waals surface area contributed by atoms with Gasteiger partial charge in [-0.05, 0) is 24.3 Å². The summed E-state index contributed by atoms with van der Waals surface area (Å²) in [6.45, 7) is 0.0287. The van der Waals surface area contributed by atoms with Crippen LogP contribution in [0, 0.1) is 21.7 Å². The van der Waals surface area contributed by atoms with Gasteiger partial charge < -0.3 is 10.1 Å². The standard InChI is InChI=1S/C14H11F2N3O4/c15-9-1-3-12(16)11(7-9)14(20)23-6-5-17-13-4-2-10(8-18-13)19(21)22/h1-4,7-8H,5-6H2,(H,17,18). The average molecular weight is 323 g/mol. The van der Waals surface area contributed by atoms with Crippen molar-refractivity contribution in [2.24, 2.45) is 0 Å². The van der Waals surface area contributed by atoms with Gasteiger partial charge in [-0.15, -0.1) is 0 Å². The molecule has 2 rings (SSSR count). The van der Waals surface area contributed by atoms with Gasteiger partial charge in [0.25, 0.3) is 5.69 Å². The normalized spacial score (nSPS) is 10.2. The fourth-order valence-electron chi connectivity index (χ4n) is 1.65. The Balaban J connectivity index is 1.82. The fourth-order valence-corrected chi connectivity index (χ4v) is 1.65. The van der Waals surface area contributed by atoms with Gasteiger partial charge in [-0.2, -0.15) is 0 Å². The third-order valence-corrected chi connectivity index (χ3v) is 2.75. The number of anilines is 1. The molecule has 2 aromatic rings. The summed E-state index contributed by atoms with van der Waals surface area (Å²) in [4.78, 5) is 25.3. The van der Waals surface area contributed by atoms with Crippen LogP contribution in [0.1, 0.15) is 10.4 Å². The molecule has 0 amide bonds. The number of halogens is 2. The van der Waals surface area contributed by atoms with E-state index in [0.717, 1.165) is 24.4 Å². The molecule has 0 radical (unpaired) electrons. The summed E-state index contributed by atoms with van der Waals surface area (Å²) in [6, 6.07) is 5.15. The first-order valence-electron chi connectivity index (χ1n) is 6.44. The molecule has 0 aliphatic heterocycles. The number of ether oxygens (including phenoxy) is 1. The molecule has 1 aromatic carbocycles. The van der Waals surface area contributed by atoms with Gasteiger partial charge in [-0.3, -0.25) is 10.1 Å². The van der Waals surface area contributed by atoms with E-state index in [9.17, 15) is 23.7 Å². The van der Waals surface area contributed by atoms with E-state index in [1.807, 2.05) is 0 Å². The highest BCUT2D eigenvalue weighted by molar-refractivity contribution is 5.89. The monoisotopic (exact) mass is 323 g/mol. The van der Waals surface area contributed by atoms with E-state index < -0.39 is 28.1 Å². The molecule has 0 saturated heterocycles. The minimum absolute atomic E-state index is 0.118. The maximum atomic E-state index is 13.3. The zero-order valence-corrected chi connectivity index (χ0v) is 11.7. The van der Waals surface area contributed by atoms with E-state index in [2.05, 4.69) is 10.3 Å². The number of rotatable bonds is 6. The van der Waals surface area contributed by atoms with Crippen LogP contribution in [0.25, 0.3) is 0 Å². The van der Waals surface area contributed by atoms with Crippen molar-refractivity contribution >= 4 is 17.5 Å². The lowest BCUT2D eigenvalue weighted by molar-refractivity contribution is -0.385. The number of pyridine rings is 1. The number of esters is 1. The molecule has 9 heteroatoms. The number of nitrogens with zero attached hydrogens (tertiary/aromatic N) is 2. The quantitative estimate of drug-likeness (QED) is 0.380. The Bertz CT molecular complexity index is 722. The fraction of sp³-hybridized carbons (Fsp3) is 0.143. The first kappa shape index (κ1) is 16.3. The van der Waals surface area contributed by atoms with Crippen LogP contribution >= 0.6 is 0 Å². The highest BCUT2D eigenvalue weighted by Gasteiger charge is 2.14. The van der Waals surface area contributed by atoms with E-state index in [1.165, 1.54) is 12.1 Å². The van der Waals surface area contributed by atoms with Crippen molar-refractivity contribution in [3.05, 3.63) is 63.8 Å².